The highest BCUT2D eigenvalue weighted by molar-refractivity contribution is 6.31. The number of rotatable bonds is 4. The third-order valence-electron chi connectivity index (χ3n) is 2.98. The van der Waals surface area contributed by atoms with Crippen molar-refractivity contribution < 1.29 is 13.9 Å². The van der Waals surface area contributed by atoms with Crippen molar-refractivity contribution in [3.63, 3.8) is 0 Å². The summed E-state index contributed by atoms with van der Waals surface area (Å²) < 4.78 is 20.0. The van der Waals surface area contributed by atoms with Gasteiger partial charge in [0.15, 0.2) is 0 Å². The van der Waals surface area contributed by atoms with Crippen LogP contribution in [0.2, 0.25) is 5.02 Å². The lowest BCUT2D eigenvalue weighted by Crippen LogP contribution is -2.14. The summed E-state index contributed by atoms with van der Waals surface area (Å²) in [5.74, 6) is -0.742. The second-order valence-corrected chi connectivity index (χ2v) is 4.84. The smallest absolute Gasteiger partial charge is 0.355 e. The number of hydrogen-bond donors (Lipinski definition) is 0. The Morgan fingerprint density at radius 1 is 1.40 bits per heavy atom. The molecule has 0 saturated carbocycles. The standard InChI is InChI=1S/C15H15ClFNO2/c1-3-20-15(19)14-10(2)6-7-18(14)9-11-8-12(17)4-5-13(11)16/h4-8H,3,9H2,1-2H3. The van der Waals surface area contributed by atoms with Crippen molar-refractivity contribution in [1.29, 1.82) is 0 Å². The summed E-state index contributed by atoms with van der Waals surface area (Å²) in [6.45, 7) is 4.21. The van der Waals surface area contributed by atoms with Crippen LogP contribution in [0.5, 0.6) is 0 Å². The maximum absolute atomic E-state index is 13.3. The summed E-state index contributed by atoms with van der Waals surface area (Å²) in [6, 6.07) is 6.00. The van der Waals surface area contributed by atoms with Crippen molar-refractivity contribution in [3.8, 4) is 0 Å². The van der Waals surface area contributed by atoms with Crippen LogP contribution in [0.15, 0.2) is 30.5 Å². The molecule has 0 atom stereocenters. The maximum atomic E-state index is 13.3. The van der Waals surface area contributed by atoms with Crippen molar-refractivity contribution in [2.24, 2.45) is 0 Å². The minimum Gasteiger partial charge on any atom is -0.461 e. The summed E-state index contributed by atoms with van der Waals surface area (Å²) >= 11 is 6.05. The van der Waals surface area contributed by atoms with Gasteiger partial charge in [-0.2, -0.15) is 0 Å². The van der Waals surface area contributed by atoms with Crippen LogP contribution >= 0.6 is 11.6 Å². The predicted octanol–water partition coefficient (Wildman–Crippen LogP) is 3.81. The molecule has 0 radical (unpaired) electrons. The number of hydrogen-bond acceptors (Lipinski definition) is 2. The SMILES string of the molecule is CCOC(=O)c1c(C)ccn1Cc1cc(F)ccc1Cl. The van der Waals surface area contributed by atoms with Gasteiger partial charge in [-0.3, -0.25) is 0 Å². The monoisotopic (exact) mass is 295 g/mol. The van der Waals surface area contributed by atoms with Gasteiger partial charge >= 0.3 is 5.97 Å². The van der Waals surface area contributed by atoms with Gasteiger partial charge in [0.2, 0.25) is 0 Å². The zero-order valence-electron chi connectivity index (χ0n) is 11.3. The third kappa shape index (κ3) is 3.02. The Balaban J connectivity index is 2.34. The fourth-order valence-corrected chi connectivity index (χ4v) is 2.22. The van der Waals surface area contributed by atoms with Gasteiger partial charge < -0.3 is 9.30 Å². The number of carbonyl (C=O) groups excluding carboxylic acids is 1. The molecule has 0 aliphatic carbocycles. The van der Waals surface area contributed by atoms with E-state index in [1.807, 2.05) is 13.0 Å². The lowest BCUT2D eigenvalue weighted by atomic mass is 10.2. The Morgan fingerprint density at radius 2 is 2.15 bits per heavy atom. The van der Waals surface area contributed by atoms with Crippen LogP contribution in [0.3, 0.4) is 0 Å². The van der Waals surface area contributed by atoms with Gasteiger partial charge in [-0.1, -0.05) is 11.6 Å². The highest BCUT2D eigenvalue weighted by Gasteiger charge is 2.16. The van der Waals surface area contributed by atoms with Crippen molar-refractivity contribution in [2.45, 2.75) is 20.4 Å². The minimum atomic E-state index is -0.387. The first-order valence-corrected chi connectivity index (χ1v) is 6.67. The Hall–Kier alpha value is -1.81. The zero-order chi connectivity index (χ0) is 14.7. The van der Waals surface area contributed by atoms with E-state index in [2.05, 4.69) is 0 Å². The molecule has 2 rings (SSSR count). The number of esters is 1. The molecule has 0 N–H and O–H groups in total. The van der Waals surface area contributed by atoms with Crippen LogP contribution in [0.25, 0.3) is 0 Å². The Kier molecular flexibility index (Phi) is 4.45. The summed E-state index contributed by atoms with van der Waals surface area (Å²) in [7, 11) is 0. The molecular weight excluding hydrogens is 281 g/mol. The normalized spacial score (nSPS) is 10.6. The number of aryl methyl sites for hydroxylation is 1. The average molecular weight is 296 g/mol. The Labute approximate surface area is 121 Å². The number of halogens is 2. The van der Waals surface area contributed by atoms with E-state index in [-0.39, 0.29) is 11.8 Å². The van der Waals surface area contributed by atoms with E-state index >= 15 is 0 Å². The molecule has 0 aliphatic heterocycles. The summed E-state index contributed by atoms with van der Waals surface area (Å²) in [4.78, 5) is 11.9. The number of aromatic nitrogens is 1. The number of carbonyl (C=O) groups is 1. The van der Waals surface area contributed by atoms with Gasteiger partial charge in [-0.15, -0.1) is 0 Å². The fraction of sp³-hybridized carbons (Fsp3) is 0.267. The molecule has 0 spiro atoms. The molecule has 1 aromatic carbocycles. The summed E-state index contributed by atoms with van der Waals surface area (Å²) in [6.07, 6.45) is 1.77. The van der Waals surface area contributed by atoms with Gasteiger partial charge in [0, 0.05) is 17.8 Å². The van der Waals surface area contributed by atoms with Crippen LogP contribution in [-0.4, -0.2) is 17.1 Å². The Morgan fingerprint density at radius 3 is 2.85 bits per heavy atom. The second kappa shape index (κ2) is 6.09. The third-order valence-corrected chi connectivity index (χ3v) is 3.35. The summed E-state index contributed by atoms with van der Waals surface area (Å²) in [5.41, 5.74) is 1.90. The molecule has 1 heterocycles. The molecule has 106 valence electrons. The average Bonchev–Trinajstić information content (AvgIpc) is 2.75. The van der Waals surface area contributed by atoms with Gasteiger partial charge in [-0.05, 0) is 49.2 Å². The molecule has 0 bridgehead atoms. The summed E-state index contributed by atoms with van der Waals surface area (Å²) in [5, 5.41) is 0.465. The van der Waals surface area contributed by atoms with E-state index in [0.29, 0.717) is 29.4 Å². The van der Waals surface area contributed by atoms with E-state index < -0.39 is 0 Å². The molecule has 1 aromatic heterocycles. The molecule has 5 heteroatoms. The van der Waals surface area contributed by atoms with Crippen LogP contribution < -0.4 is 0 Å². The van der Waals surface area contributed by atoms with Crippen molar-refractivity contribution in [2.75, 3.05) is 6.61 Å². The van der Waals surface area contributed by atoms with Crippen molar-refractivity contribution >= 4 is 17.6 Å². The minimum absolute atomic E-state index is 0.310. The highest BCUT2D eigenvalue weighted by Crippen LogP contribution is 2.20. The largest absolute Gasteiger partial charge is 0.461 e. The van der Waals surface area contributed by atoms with Gasteiger partial charge in [-0.25, -0.2) is 9.18 Å². The maximum Gasteiger partial charge on any atom is 0.355 e. The second-order valence-electron chi connectivity index (χ2n) is 4.43. The van der Waals surface area contributed by atoms with Gasteiger partial charge in [0.05, 0.1) is 6.61 Å². The molecule has 0 aliphatic rings. The van der Waals surface area contributed by atoms with Gasteiger partial charge in [0.1, 0.15) is 11.5 Å². The first-order chi connectivity index (χ1) is 9.52. The lowest BCUT2D eigenvalue weighted by Gasteiger charge is -2.11. The number of ether oxygens (including phenoxy) is 1. The van der Waals surface area contributed by atoms with Crippen LogP contribution in [-0.2, 0) is 11.3 Å². The van der Waals surface area contributed by atoms with Crippen LogP contribution in [0.1, 0.15) is 28.5 Å². The van der Waals surface area contributed by atoms with E-state index in [1.165, 1.54) is 18.2 Å². The number of nitrogens with zero attached hydrogens (tertiary/aromatic N) is 1. The van der Waals surface area contributed by atoms with E-state index in [0.717, 1.165) is 5.56 Å². The molecular formula is C15H15ClFNO2. The molecule has 20 heavy (non-hydrogen) atoms. The van der Waals surface area contributed by atoms with Crippen molar-refractivity contribution in [1.82, 2.24) is 4.57 Å². The first kappa shape index (κ1) is 14.6. The first-order valence-electron chi connectivity index (χ1n) is 6.29. The topological polar surface area (TPSA) is 31.2 Å². The van der Waals surface area contributed by atoms with Crippen molar-refractivity contribution in [3.05, 3.63) is 58.1 Å². The molecule has 0 saturated heterocycles. The van der Waals surface area contributed by atoms with E-state index in [9.17, 15) is 9.18 Å². The molecule has 0 fully saturated rings. The van der Waals surface area contributed by atoms with E-state index in [1.54, 1.807) is 17.7 Å². The molecule has 2 aromatic rings. The molecule has 0 amide bonds. The number of benzene rings is 1. The molecule has 3 nitrogen and oxygen atoms in total. The lowest BCUT2D eigenvalue weighted by molar-refractivity contribution is 0.0513. The molecule has 0 unspecified atom stereocenters. The zero-order valence-corrected chi connectivity index (χ0v) is 12.1. The van der Waals surface area contributed by atoms with Crippen LogP contribution in [0.4, 0.5) is 4.39 Å². The fourth-order valence-electron chi connectivity index (χ4n) is 2.04. The van der Waals surface area contributed by atoms with Gasteiger partial charge in [0.25, 0.3) is 0 Å². The Bertz CT molecular complexity index is 637. The predicted molar refractivity (Wildman–Crippen MR) is 75.6 cm³/mol. The van der Waals surface area contributed by atoms with Crippen LogP contribution in [0, 0.1) is 12.7 Å². The highest BCUT2D eigenvalue weighted by atomic mass is 35.5. The quantitative estimate of drug-likeness (QED) is 0.803. The van der Waals surface area contributed by atoms with E-state index in [4.69, 9.17) is 16.3 Å².